The molecule has 8 heteroatoms. The molecule has 0 aliphatic carbocycles. The Hall–Kier alpha value is -0.180. The van der Waals surface area contributed by atoms with E-state index in [1.807, 2.05) is 0 Å². The van der Waals surface area contributed by atoms with E-state index in [1.165, 1.54) is 0 Å². The molecule has 3 atom stereocenters. The maximum atomic E-state index is 11.4. The lowest BCUT2D eigenvalue weighted by Crippen LogP contribution is -2.35. The highest BCUT2D eigenvalue weighted by atomic mass is 79.9. The number of carbonyl (C=O) groups is 2. The third kappa shape index (κ3) is 5.24. The number of aliphatic carboxylic acids is 1. The predicted molar refractivity (Wildman–Crippen MR) is 61.7 cm³/mol. The molecule has 0 aliphatic heterocycles. The van der Waals surface area contributed by atoms with Crippen LogP contribution in [0.5, 0.6) is 0 Å². The fourth-order valence-corrected chi connectivity index (χ4v) is 1.36. The van der Waals surface area contributed by atoms with Gasteiger partial charge in [-0.1, -0.05) is 31.9 Å². The standard InChI is InChI=1S/C8H12Br2O6/c9-5(7(13)14)6(10)8(15)16-4(3-12)1-2-11/h4-6,11-12H,1-3H2,(H,13,14). The lowest BCUT2D eigenvalue weighted by molar-refractivity contribution is -0.153. The number of hydrogen-bond donors (Lipinski definition) is 3. The van der Waals surface area contributed by atoms with E-state index in [0.29, 0.717) is 0 Å². The van der Waals surface area contributed by atoms with Crippen LogP contribution in [0.25, 0.3) is 0 Å². The Kier molecular flexibility index (Phi) is 7.90. The van der Waals surface area contributed by atoms with E-state index in [2.05, 4.69) is 31.9 Å². The maximum absolute atomic E-state index is 11.4. The zero-order valence-electron chi connectivity index (χ0n) is 8.18. The average Bonchev–Trinajstić information content (AvgIpc) is 2.25. The molecule has 0 saturated heterocycles. The average molecular weight is 364 g/mol. The van der Waals surface area contributed by atoms with Gasteiger partial charge in [0.25, 0.3) is 0 Å². The zero-order chi connectivity index (χ0) is 12.7. The van der Waals surface area contributed by atoms with Crippen molar-refractivity contribution in [3.8, 4) is 0 Å². The van der Waals surface area contributed by atoms with Gasteiger partial charge in [0.15, 0.2) is 0 Å². The molecule has 6 nitrogen and oxygen atoms in total. The molecule has 3 unspecified atom stereocenters. The van der Waals surface area contributed by atoms with Gasteiger partial charge in [-0.3, -0.25) is 9.59 Å². The lowest BCUT2D eigenvalue weighted by Gasteiger charge is -2.18. The number of hydrogen-bond acceptors (Lipinski definition) is 5. The second kappa shape index (κ2) is 7.99. The molecule has 0 spiro atoms. The molecular formula is C8H12Br2O6. The molecular weight excluding hydrogens is 352 g/mol. The summed E-state index contributed by atoms with van der Waals surface area (Å²) < 4.78 is 4.78. The van der Waals surface area contributed by atoms with Crippen molar-refractivity contribution >= 4 is 43.8 Å². The number of rotatable bonds is 7. The van der Waals surface area contributed by atoms with Crippen LogP contribution < -0.4 is 0 Å². The smallest absolute Gasteiger partial charge is 0.321 e. The van der Waals surface area contributed by atoms with Crippen molar-refractivity contribution in [2.24, 2.45) is 0 Å². The van der Waals surface area contributed by atoms with E-state index in [4.69, 9.17) is 20.1 Å². The second-order valence-corrected chi connectivity index (χ2v) is 4.87. The Morgan fingerprint density at radius 2 is 1.75 bits per heavy atom. The Morgan fingerprint density at radius 1 is 1.19 bits per heavy atom. The normalized spacial score (nSPS) is 16.2. The van der Waals surface area contributed by atoms with E-state index in [9.17, 15) is 9.59 Å². The third-order valence-corrected chi connectivity index (χ3v) is 4.19. The van der Waals surface area contributed by atoms with E-state index < -0.39 is 34.3 Å². The van der Waals surface area contributed by atoms with Crippen LogP contribution in [0.4, 0.5) is 0 Å². The van der Waals surface area contributed by atoms with Crippen LogP contribution >= 0.6 is 31.9 Å². The van der Waals surface area contributed by atoms with Gasteiger partial charge in [-0.25, -0.2) is 0 Å². The van der Waals surface area contributed by atoms with Gasteiger partial charge in [0.1, 0.15) is 15.8 Å². The third-order valence-electron chi connectivity index (χ3n) is 1.66. The summed E-state index contributed by atoms with van der Waals surface area (Å²) in [6.45, 7) is -0.659. The summed E-state index contributed by atoms with van der Waals surface area (Å²) in [7, 11) is 0. The Bertz CT molecular complexity index is 247. The van der Waals surface area contributed by atoms with Gasteiger partial charge in [-0.15, -0.1) is 0 Å². The van der Waals surface area contributed by atoms with Crippen LogP contribution in [0.15, 0.2) is 0 Å². The quantitative estimate of drug-likeness (QED) is 0.430. The summed E-state index contributed by atoms with van der Waals surface area (Å²) in [6, 6.07) is 0. The van der Waals surface area contributed by atoms with Gasteiger partial charge in [0.05, 0.1) is 6.61 Å². The number of aliphatic hydroxyl groups excluding tert-OH is 2. The van der Waals surface area contributed by atoms with Crippen molar-refractivity contribution in [2.75, 3.05) is 13.2 Å². The molecule has 0 amide bonds. The molecule has 94 valence electrons. The molecule has 0 rings (SSSR count). The van der Waals surface area contributed by atoms with Crippen LogP contribution in [-0.4, -0.2) is 56.2 Å². The SMILES string of the molecule is O=C(O)C(Br)C(Br)C(=O)OC(CO)CCO. The number of halogens is 2. The number of ether oxygens (including phenoxy) is 1. The van der Waals surface area contributed by atoms with Crippen LogP contribution in [0.3, 0.4) is 0 Å². The Balaban J connectivity index is 4.27. The van der Waals surface area contributed by atoms with Crippen LogP contribution in [0.2, 0.25) is 0 Å². The van der Waals surface area contributed by atoms with E-state index in [-0.39, 0.29) is 13.0 Å². The first kappa shape index (κ1) is 15.8. The molecule has 0 bridgehead atoms. The highest BCUT2D eigenvalue weighted by Crippen LogP contribution is 2.17. The lowest BCUT2D eigenvalue weighted by atomic mass is 10.2. The first-order valence-corrected chi connectivity index (χ1v) is 6.20. The minimum Gasteiger partial charge on any atom is -0.480 e. The van der Waals surface area contributed by atoms with Crippen molar-refractivity contribution in [1.29, 1.82) is 0 Å². The summed E-state index contributed by atoms with van der Waals surface area (Å²) >= 11 is 5.67. The summed E-state index contributed by atoms with van der Waals surface area (Å²) in [4.78, 5) is 19.8. The largest absolute Gasteiger partial charge is 0.480 e. The molecule has 3 N–H and O–H groups in total. The van der Waals surface area contributed by atoms with E-state index in [1.54, 1.807) is 0 Å². The summed E-state index contributed by atoms with van der Waals surface area (Å²) in [5, 5.41) is 26.0. The molecule has 0 fully saturated rings. The Morgan fingerprint density at radius 3 is 2.12 bits per heavy atom. The van der Waals surface area contributed by atoms with Crippen LogP contribution in [0, 0.1) is 0 Å². The number of carboxylic acids is 1. The van der Waals surface area contributed by atoms with Gasteiger partial charge in [-0.05, 0) is 0 Å². The maximum Gasteiger partial charge on any atom is 0.321 e. The van der Waals surface area contributed by atoms with Gasteiger partial charge in [0.2, 0.25) is 0 Å². The van der Waals surface area contributed by atoms with Crippen LogP contribution in [-0.2, 0) is 14.3 Å². The van der Waals surface area contributed by atoms with Gasteiger partial charge in [-0.2, -0.15) is 0 Å². The fraction of sp³-hybridized carbons (Fsp3) is 0.750. The molecule has 0 aliphatic rings. The number of aliphatic hydroxyl groups is 2. The highest BCUT2D eigenvalue weighted by Gasteiger charge is 2.31. The second-order valence-electron chi connectivity index (χ2n) is 2.90. The predicted octanol–water partition coefficient (Wildman–Crippen LogP) is -0.116. The van der Waals surface area contributed by atoms with Crippen LogP contribution in [0.1, 0.15) is 6.42 Å². The van der Waals surface area contributed by atoms with Crippen molar-refractivity contribution in [3.05, 3.63) is 0 Å². The van der Waals surface area contributed by atoms with Crippen molar-refractivity contribution in [3.63, 3.8) is 0 Å². The number of carbonyl (C=O) groups excluding carboxylic acids is 1. The van der Waals surface area contributed by atoms with Crippen molar-refractivity contribution < 1.29 is 29.6 Å². The number of carboxylic acid groups (broad SMARTS) is 1. The molecule has 0 aromatic rings. The van der Waals surface area contributed by atoms with Gasteiger partial charge >= 0.3 is 11.9 Å². The van der Waals surface area contributed by atoms with Gasteiger partial charge in [0, 0.05) is 13.0 Å². The first-order valence-electron chi connectivity index (χ1n) is 4.37. The molecule has 16 heavy (non-hydrogen) atoms. The summed E-state index contributed by atoms with van der Waals surface area (Å²) in [5.41, 5.74) is 0. The molecule has 0 aromatic carbocycles. The fourth-order valence-electron chi connectivity index (χ4n) is 0.805. The van der Waals surface area contributed by atoms with Crippen molar-refractivity contribution in [2.45, 2.75) is 22.2 Å². The topological polar surface area (TPSA) is 104 Å². The number of esters is 1. The zero-order valence-corrected chi connectivity index (χ0v) is 11.3. The summed E-state index contributed by atoms with van der Waals surface area (Å²) in [5.74, 6) is -2.02. The van der Waals surface area contributed by atoms with E-state index >= 15 is 0 Å². The van der Waals surface area contributed by atoms with E-state index in [0.717, 1.165) is 0 Å². The van der Waals surface area contributed by atoms with Crippen molar-refractivity contribution in [1.82, 2.24) is 0 Å². The highest BCUT2D eigenvalue weighted by molar-refractivity contribution is 9.12. The minimum atomic E-state index is -1.21. The molecule has 0 radical (unpaired) electrons. The molecule has 0 aromatic heterocycles. The number of alkyl halides is 2. The molecule has 0 saturated carbocycles. The molecule has 0 heterocycles. The monoisotopic (exact) mass is 362 g/mol. The van der Waals surface area contributed by atoms with Gasteiger partial charge < -0.3 is 20.1 Å². The Labute approximate surface area is 109 Å². The first-order chi connectivity index (χ1) is 7.43. The minimum absolute atomic E-state index is 0.0992. The summed E-state index contributed by atoms with van der Waals surface area (Å²) in [6.07, 6.45) is -0.729.